The lowest BCUT2D eigenvalue weighted by Gasteiger charge is -2.22. The molecule has 0 N–H and O–H groups in total. The maximum Gasteiger partial charge on any atom is 0.220 e. The van der Waals surface area contributed by atoms with E-state index in [1.54, 1.807) is 0 Å². The van der Waals surface area contributed by atoms with Crippen molar-refractivity contribution in [2.75, 3.05) is 7.11 Å². The molecule has 0 aromatic heterocycles. The second kappa shape index (κ2) is 4.52. The molecule has 1 rings (SSSR count). The van der Waals surface area contributed by atoms with Crippen molar-refractivity contribution >= 4 is 34.8 Å². The summed E-state index contributed by atoms with van der Waals surface area (Å²) in [7, 11) is 1.51. The predicted molar refractivity (Wildman–Crippen MR) is 56.5 cm³/mol. The van der Waals surface area contributed by atoms with Crippen molar-refractivity contribution in [3.63, 3.8) is 0 Å². The van der Waals surface area contributed by atoms with E-state index in [1.165, 1.54) is 7.11 Å². The van der Waals surface area contributed by atoms with Gasteiger partial charge in [0.05, 0.1) is 0 Å². The molecule has 0 aliphatic heterocycles. The number of methoxy groups -OCH3 is 1. The number of benzene rings is 1. The van der Waals surface area contributed by atoms with Crippen LogP contribution in [0.1, 0.15) is 11.7 Å². The van der Waals surface area contributed by atoms with Crippen LogP contribution in [0.15, 0.2) is 30.3 Å². The first-order valence-electron chi connectivity index (χ1n) is 3.70. The molecule has 0 fully saturated rings. The summed E-state index contributed by atoms with van der Waals surface area (Å²) in [5.74, 6) is 0. The van der Waals surface area contributed by atoms with Crippen LogP contribution in [0.25, 0.3) is 0 Å². The van der Waals surface area contributed by atoms with E-state index < -0.39 is 9.90 Å². The molecule has 0 saturated heterocycles. The van der Waals surface area contributed by atoms with Crippen molar-refractivity contribution in [1.82, 2.24) is 0 Å². The Morgan fingerprint density at radius 1 is 1.15 bits per heavy atom. The molecule has 4 heteroatoms. The number of halogens is 3. The first-order chi connectivity index (χ1) is 6.05. The fourth-order valence-corrected chi connectivity index (χ4v) is 1.73. The van der Waals surface area contributed by atoms with E-state index in [0.717, 1.165) is 5.56 Å². The molecule has 0 spiro atoms. The third-order valence-electron chi connectivity index (χ3n) is 1.64. The molecule has 72 valence electrons. The van der Waals surface area contributed by atoms with E-state index in [2.05, 4.69) is 0 Å². The molecule has 0 aliphatic carbocycles. The molecule has 0 heterocycles. The lowest BCUT2D eigenvalue weighted by atomic mass is 10.1. The summed E-state index contributed by atoms with van der Waals surface area (Å²) in [5, 5.41) is 0. The van der Waals surface area contributed by atoms with Crippen LogP contribution < -0.4 is 0 Å². The van der Waals surface area contributed by atoms with Crippen molar-refractivity contribution in [1.29, 1.82) is 0 Å². The maximum absolute atomic E-state index is 5.74. The number of hydrogen-bond donors (Lipinski definition) is 0. The minimum atomic E-state index is -1.43. The topological polar surface area (TPSA) is 9.23 Å². The Morgan fingerprint density at radius 2 is 1.69 bits per heavy atom. The molecule has 1 aromatic rings. The van der Waals surface area contributed by atoms with E-state index >= 15 is 0 Å². The zero-order chi connectivity index (χ0) is 9.90. The summed E-state index contributed by atoms with van der Waals surface area (Å²) in [6.07, 6.45) is -0.529. The van der Waals surface area contributed by atoms with Gasteiger partial charge in [-0.1, -0.05) is 65.1 Å². The van der Waals surface area contributed by atoms with Crippen LogP contribution in [0.5, 0.6) is 0 Å². The average molecular weight is 240 g/mol. The Balaban J connectivity index is 2.92. The molecule has 0 amide bonds. The Hall–Kier alpha value is 0.0500. The third-order valence-corrected chi connectivity index (χ3v) is 2.23. The van der Waals surface area contributed by atoms with Gasteiger partial charge in [-0.25, -0.2) is 0 Å². The van der Waals surface area contributed by atoms with E-state index in [-0.39, 0.29) is 0 Å². The van der Waals surface area contributed by atoms with Crippen LogP contribution in [0.4, 0.5) is 0 Å². The number of alkyl halides is 3. The van der Waals surface area contributed by atoms with Crippen LogP contribution in [0.3, 0.4) is 0 Å². The van der Waals surface area contributed by atoms with Crippen molar-refractivity contribution < 1.29 is 4.74 Å². The zero-order valence-electron chi connectivity index (χ0n) is 7.01. The van der Waals surface area contributed by atoms with E-state index in [4.69, 9.17) is 39.5 Å². The van der Waals surface area contributed by atoms with E-state index in [9.17, 15) is 0 Å². The summed E-state index contributed by atoms with van der Waals surface area (Å²) in [5.41, 5.74) is 0.852. The molecule has 0 radical (unpaired) electrons. The number of rotatable bonds is 2. The molecule has 0 aliphatic rings. The number of hydrogen-bond acceptors (Lipinski definition) is 1. The van der Waals surface area contributed by atoms with Crippen molar-refractivity contribution in [2.45, 2.75) is 9.90 Å². The smallest absolute Gasteiger partial charge is 0.220 e. The van der Waals surface area contributed by atoms with Gasteiger partial charge in [0.15, 0.2) is 0 Å². The fraction of sp³-hybridized carbons (Fsp3) is 0.333. The summed E-state index contributed by atoms with van der Waals surface area (Å²) in [4.78, 5) is 0. The standard InChI is InChI=1S/C9H9Cl3O/c1-13-8(9(10,11)12)7-5-3-2-4-6-7/h2-6,8H,1H3/t8-/m0/s1. The van der Waals surface area contributed by atoms with Gasteiger partial charge in [-0.2, -0.15) is 0 Å². The van der Waals surface area contributed by atoms with Gasteiger partial charge in [-0.3, -0.25) is 0 Å². The first-order valence-corrected chi connectivity index (χ1v) is 4.83. The SMILES string of the molecule is CO[C@@H](c1ccccc1)C(Cl)(Cl)Cl. The highest BCUT2D eigenvalue weighted by Crippen LogP contribution is 2.41. The van der Waals surface area contributed by atoms with E-state index in [0.29, 0.717) is 0 Å². The Morgan fingerprint density at radius 3 is 2.08 bits per heavy atom. The minimum absolute atomic E-state index is 0.529. The lowest BCUT2D eigenvalue weighted by molar-refractivity contribution is 0.107. The van der Waals surface area contributed by atoms with Crippen LogP contribution in [0.2, 0.25) is 0 Å². The van der Waals surface area contributed by atoms with Crippen LogP contribution >= 0.6 is 34.8 Å². The van der Waals surface area contributed by atoms with Gasteiger partial charge in [-0.15, -0.1) is 0 Å². The number of ether oxygens (including phenoxy) is 1. The van der Waals surface area contributed by atoms with Gasteiger partial charge in [-0.05, 0) is 5.56 Å². The predicted octanol–water partition coefficient (Wildman–Crippen LogP) is 3.74. The highest BCUT2D eigenvalue weighted by atomic mass is 35.6. The van der Waals surface area contributed by atoms with E-state index in [1.807, 2.05) is 30.3 Å². The van der Waals surface area contributed by atoms with Crippen LogP contribution in [0, 0.1) is 0 Å². The van der Waals surface area contributed by atoms with Crippen molar-refractivity contribution in [2.24, 2.45) is 0 Å². The summed E-state index contributed by atoms with van der Waals surface area (Å²) in [6, 6.07) is 9.36. The normalized spacial score (nSPS) is 14.2. The van der Waals surface area contributed by atoms with Crippen molar-refractivity contribution in [3.05, 3.63) is 35.9 Å². The molecule has 0 saturated carbocycles. The molecule has 1 nitrogen and oxygen atoms in total. The van der Waals surface area contributed by atoms with Gasteiger partial charge in [0.2, 0.25) is 3.79 Å². The average Bonchev–Trinajstić information content (AvgIpc) is 2.05. The summed E-state index contributed by atoms with van der Waals surface area (Å²) in [6.45, 7) is 0. The van der Waals surface area contributed by atoms with Gasteiger partial charge in [0.25, 0.3) is 0 Å². The third kappa shape index (κ3) is 3.03. The lowest BCUT2D eigenvalue weighted by Crippen LogP contribution is -2.18. The summed E-state index contributed by atoms with van der Waals surface area (Å²) >= 11 is 17.2. The molecule has 1 atom stereocenters. The largest absolute Gasteiger partial charge is 0.372 e. The van der Waals surface area contributed by atoms with Gasteiger partial charge >= 0.3 is 0 Å². The molecule has 1 aromatic carbocycles. The quantitative estimate of drug-likeness (QED) is 0.714. The van der Waals surface area contributed by atoms with Crippen LogP contribution in [-0.2, 0) is 4.74 Å². The second-order valence-corrected chi connectivity index (χ2v) is 4.94. The highest BCUT2D eigenvalue weighted by molar-refractivity contribution is 6.68. The minimum Gasteiger partial charge on any atom is -0.372 e. The highest BCUT2D eigenvalue weighted by Gasteiger charge is 2.33. The maximum atomic E-state index is 5.74. The Labute approximate surface area is 92.5 Å². The van der Waals surface area contributed by atoms with Crippen molar-refractivity contribution in [3.8, 4) is 0 Å². The molecule has 13 heavy (non-hydrogen) atoms. The zero-order valence-corrected chi connectivity index (χ0v) is 9.27. The van der Waals surface area contributed by atoms with Crippen LogP contribution in [-0.4, -0.2) is 10.9 Å². The fourth-order valence-electron chi connectivity index (χ4n) is 1.09. The monoisotopic (exact) mass is 238 g/mol. The van der Waals surface area contributed by atoms with Gasteiger partial charge < -0.3 is 4.74 Å². The van der Waals surface area contributed by atoms with Gasteiger partial charge in [0.1, 0.15) is 6.10 Å². The molecular weight excluding hydrogens is 230 g/mol. The molecular formula is C9H9Cl3O. The molecule has 0 bridgehead atoms. The second-order valence-electron chi connectivity index (χ2n) is 2.57. The summed E-state index contributed by atoms with van der Waals surface area (Å²) < 4.78 is 3.67. The Bertz CT molecular complexity index is 255. The Kier molecular flexibility index (Phi) is 3.87. The van der Waals surface area contributed by atoms with Gasteiger partial charge in [0, 0.05) is 7.11 Å². The first kappa shape index (κ1) is 11.1. The molecule has 0 unspecified atom stereocenters.